The molecule has 0 fully saturated rings. The highest BCUT2D eigenvalue weighted by atomic mass is 32.2. The van der Waals surface area contributed by atoms with Crippen molar-refractivity contribution < 1.29 is 13.2 Å². The van der Waals surface area contributed by atoms with Crippen molar-refractivity contribution in [3.8, 4) is 5.75 Å². The molecular formula is C24H25NO3S. The molecule has 0 aliphatic carbocycles. The lowest BCUT2D eigenvalue weighted by atomic mass is 10.1. The zero-order valence-electron chi connectivity index (χ0n) is 16.9. The van der Waals surface area contributed by atoms with Crippen molar-refractivity contribution in [1.29, 1.82) is 0 Å². The zero-order chi connectivity index (χ0) is 20.9. The summed E-state index contributed by atoms with van der Waals surface area (Å²) in [5, 5.41) is 0. The molecule has 3 aromatic rings. The number of rotatable bonds is 7. The van der Waals surface area contributed by atoms with E-state index in [2.05, 4.69) is 0 Å². The van der Waals surface area contributed by atoms with Crippen molar-refractivity contribution in [2.45, 2.75) is 18.7 Å². The SMILES string of the molecule is COc1ccc(N(C/C(C)=C/c2ccccc2)S(=O)(=O)c2ccc(C)cc2)cc1. The monoisotopic (exact) mass is 407 g/mol. The number of hydrogen-bond acceptors (Lipinski definition) is 3. The third-order valence-corrected chi connectivity index (χ3v) is 6.36. The van der Waals surface area contributed by atoms with Gasteiger partial charge < -0.3 is 4.74 Å². The van der Waals surface area contributed by atoms with Crippen LogP contribution in [0.3, 0.4) is 0 Å². The number of benzene rings is 3. The summed E-state index contributed by atoms with van der Waals surface area (Å²) in [6.45, 7) is 4.12. The Morgan fingerprint density at radius 3 is 2.14 bits per heavy atom. The Morgan fingerprint density at radius 1 is 0.931 bits per heavy atom. The maximum absolute atomic E-state index is 13.5. The molecular weight excluding hydrogens is 382 g/mol. The van der Waals surface area contributed by atoms with Gasteiger partial charge in [0.2, 0.25) is 0 Å². The topological polar surface area (TPSA) is 46.6 Å². The summed E-state index contributed by atoms with van der Waals surface area (Å²) in [6.07, 6.45) is 2.00. The van der Waals surface area contributed by atoms with Gasteiger partial charge >= 0.3 is 0 Å². The van der Waals surface area contributed by atoms with Crippen LogP contribution in [0.5, 0.6) is 5.75 Å². The molecule has 0 atom stereocenters. The summed E-state index contributed by atoms with van der Waals surface area (Å²) in [5.41, 5.74) is 3.57. The Kier molecular flexibility index (Phi) is 6.39. The van der Waals surface area contributed by atoms with Gasteiger partial charge in [-0.3, -0.25) is 4.31 Å². The molecule has 0 aliphatic heterocycles. The lowest BCUT2D eigenvalue weighted by Crippen LogP contribution is -2.32. The molecule has 0 bridgehead atoms. The normalized spacial score (nSPS) is 11.9. The minimum atomic E-state index is -3.73. The highest BCUT2D eigenvalue weighted by molar-refractivity contribution is 7.92. The minimum absolute atomic E-state index is 0.247. The van der Waals surface area contributed by atoms with E-state index < -0.39 is 10.0 Å². The fourth-order valence-electron chi connectivity index (χ4n) is 3.01. The smallest absolute Gasteiger partial charge is 0.264 e. The van der Waals surface area contributed by atoms with Crippen LogP contribution in [-0.2, 0) is 10.0 Å². The van der Waals surface area contributed by atoms with Crippen LogP contribution in [-0.4, -0.2) is 22.1 Å². The van der Waals surface area contributed by atoms with E-state index in [1.165, 1.54) is 4.31 Å². The maximum atomic E-state index is 13.5. The lowest BCUT2D eigenvalue weighted by molar-refractivity contribution is 0.415. The van der Waals surface area contributed by atoms with Gasteiger partial charge in [0.15, 0.2) is 0 Å². The first-order valence-corrected chi connectivity index (χ1v) is 10.8. The van der Waals surface area contributed by atoms with Gasteiger partial charge in [0.05, 0.1) is 24.2 Å². The van der Waals surface area contributed by atoms with E-state index >= 15 is 0 Å². The maximum Gasteiger partial charge on any atom is 0.264 e. The Morgan fingerprint density at radius 2 is 1.55 bits per heavy atom. The Balaban J connectivity index is 2.01. The van der Waals surface area contributed by atoms with Gasteiger partial charge in [0, 0.05) is 0 Å². The second-order valence-electron chi connectivity index (χ2n) is 6.92. The van der Waals surface area contributed by atoms with Gasteiger partial charge in [-0.25, -0.2) is 8.42 Å². The van der Waals surface area contributed by atoms with Gasteiger partial charge in [-0.2, -0.15) is 0 Å². The van der Waals surface area contributed by atoms with Crippen molar-refractivity contribution in [2.24, 2.45) is 0 Å². The van der Waals surface area contributed by atoms with E-state index in [4.69, 9.17) is 4.74 Å². The zero-order valence-corrected chi connectivity index (χ0v) is 17.7. The molecule has 0 amide bonds. The second-order valence-corrected chi connectivity index (χ2v) is 8.79. The first kappa shape index (κ1) is 20.7. The summed E-state index contributed by atoms with van der Waals surface area (Å²) in [6, 6.07) is 23.9. The van der Waals surface area contributed by atoms with Crippen molar-refractivity contribution in [3.63, 3.8) is 0 Å². The molecule has 0 heterocycles. The molecule has 0 saturated carbocycles. The molecule has 4 nitrogen and oxygen atoms in total. The quantitative estimate of drug-likeness (QED) is 0.534. The second kappa shape index (κ2) is 8.97. The van der Waals surface area contributed by atoms with E-state index in [-0.39, 0.29) is 11.4 Å². The number of aryl methyl sites for hydroxylation is 1. The van der Waals surface area contributed by atoms with E-state index in [0.29, 0.717) is 11.4 Å². The number of anilines is 1. The average molecular weight is 408 g/mol. The Labute approximate surface area is 173 Å². The molecule has 5 heteroatoms. The highest BCUT2D eigenvalue weighted by Gasteiger charge is 2.25. The average Bonchev–Trinajstić information content (AvgIpc) is 2.73. The van der Waals surface area contributed by atoms with Crippen LogP contribution in [0.2, 0.25) is 0 Å². The van der Waals surface area contributed by atoms with Gasteiger partial charge in [0.25, 0.3) is 10.0 Å². The number of nitrogens with zero attached hydrogens (tertiary/aromatic N) is 1. The van der Waals surface area contributed by atoms with Crippen LogP contribution >= 0.6 is 0 Å². The molecule has 0 saturated heterocycles. The van der Waals surface area contributed by atoms with E-state index in [1.54, 1.807) is 43.5 Å². The molecule has 0 spiro atoms. The number of ether oxygens (including phenoxy) is 1. The first-order valence-electron chi connectivity index (χ1n) is 9.36. The summed E-state index contributed by atoms with van der Waals surface area (Å²) in [4.78, 5) is 0.270. The van der Waals surface area contributed by atoms with Crippen molar-refractivity contribution in [2.75, 3.05) is 18.0 Å². The molecule has 29 heavy (non-hydrogen) atoms. The van der Waals surface area contributed by atoms with E-state index in [0.717, 1.165) is 16.7 Å². The predicted molar refractivity (Wildman–Crippen MR) is 119 cm³/mol. The fourth-order valence-corrected chi connectivity index (χ4v) is 4.51. The number of hydrogen-bond donors (Lipinski definition) is 0. The molecule has 0 N–H and O–H groups in total. The van der Waals surface area contributed by atoms with Crippen LogP contribution in [0.25, 0.3) is 6.08 Å². The van der Waals surface area contributed by atoms with Gasteiger partial charge in [0.1, 0.15) is 5.75 Å². The van der Waals surface area contributed by atoms with E-state index in [1.807, 2.05) is 62.4 Å². The van der Waals surface area contributed by atoms with Crippen molar-refractivity contribution in [1.82, 2.24) is 0 Å². The van der Waals surface area contributed by atoms with Crippen LogP contribution in [0.1, 0.15) is 18.1 Å². The van der Waals surface area contributed by atoms with Crippen molar-refractivity contribution >= 4 is 21.8 Å². The molecule has 3 rings (SSSR count). The van der Waals surface area contributed by atoms with Crippen molar-refractivity contribution in [3.05, 3.63) is 95.6 Å². The highest BCUT2D eigenvalue weighted by Crippen LogP contribution is 2.27. The number of methoxy groups -OCH3 is 1. The standard InChI is InChI=1S/C24H25NO3S/c1-19-9-15-24(16-10-19)29(26,27)25(22-11-13-23(28-3)14-12-22)18-20(2)17-21-7-5-4-6-8-21/h4-17H,18H2,1-3H3/b20-17+. The summed E-state index contributed by atoms with van der Waals surface area (Å²) >= 11 is 0. The third kappa shape index (κ3) is 5.06. The van der Waals surface area contributed by atoms with Gasteiger partial charge in [-0.15, -0.1) is 0 Å². The molecule has 3 aromatic carbocycles. The van der Waals surface area contributed by atoms with Gasteiger partial charge in [-0.1, -0.05) is 59.7 Å². The molecule has 0 aromatic heterocycles. The molecule has 150 valence electrons. The lowest BCUT2D eigenvalue weighted by Gasteiger charge is -2.25. The minimum Gasteiger partial charge on any atom is -0.497 e. The van der Waals surface area contributed by atoms with Crippen LogP contribution < -0.4 is 9.04 Å². The van der Waals surface area contributed by atoms with Crippen LogP contribution in [0, 0.1) is 6.92 Å². The van der Waals surface area contributed by atoms with Gasteiger partial charge in [-0.05, 0) is 55.8 Å². The number of sulfonamides is 1. The predicted octanol–water partition coefficient (Wildman–Crippen LogP) is 5.30. The summed E-state index contributed by atoms with van der Waals surface area (Å²) in [5.74, 6) is 0.679. The van der Waals surface area contributed by atoms with E-state index in [9.17, 15) is 8.42 Å². The summed E-state index contributed by atoms with van der Waals surface area (Å²) < 4.78 is 33.6. The van der Waals surface area contributed by atoms with Crippen LogP contribution in [0.15, 0.2) is 89.3 Å². The largest absolute Gasteiger partial charge is 0.497 e. The molecule has 0 radical (unpaired) electrons. The third-order valence-electron chi connectivity index (χ3n) is 4.58. The fraction of sp³-hybridized carbons (Fsp3) is 0.167. The Bertz CT molecular complexity index is 1070. The molecule has 0 unspecified atom stereocenters. The first-order chi connectivity index (χ1) is 13.9. The van der Waals surface area contributed by atoms with Crippen LogP contribution in [0.4, 0.5) is 5.69 Å². The summed E-state index contributed by atoms with van der Waals surface area (Å²) in [7, 11) is -2.14. The Hall–Kier alpha value is -3.05. The molecule has 0 aliphatic rings.